The monoisotopic (exact) mass is 258 g/mol. The number of hydrogen-bond donors (Lipinski definition) is 1. The minimum Gasteiger partial charge on any atom is -0.378 e. The van der Waals surface area contributed by atoms with Crippen LogP contribution in [-0.4, -0.2) is 37.2 Å². The van der Waals surface area contributed by atoms with E-state index in [0.717, 1.165) is 0 Å². The number of rotatable bonds is 1. The van der Waals surface area contributed by atoms with Crippen LogP contribution in [0.5, 0.6) is 0 Å². The van der Waals surface area contributed by atoms with Gasteiger partial charge in [-0.3, -0.25) is 0 Å². The first-order valence-electron chi connectivity index (χ1n) is 5.25. The molecule has 1 heterocycles. The molecule has 1 aliphatic rings. The number of benzene rings is 1. The molecule has 1 aliphatic heterocycles. The number of morpholine rings is 1. The van der Waals surface area contributed by atoms with Crippen molar-refractivity contribution in [1.82, 2.24) is 4.90 Å². The number of hydrogen-bond acceptors (Lipinski definition) is 2. The minimum absolute atomic E-state index is 0.281. The van der Waals surface area contributed by atoms with E-state index in [0.29, 0.717) is 31.3 Å². The van der Waals surface area contributed by atoms with Crippen molar-refractivity contribution in [2.45, 2.75) is 0 Å². The lowest BCUT2D eigenvalue weighted by atomic mass is 10.3. The summed E-state index contributed by atoms with van der Waals surface area (Å²) in [7, 11) is 0. The Morgan fingerprint density at radius 3 is 2.82 bits per heavy atom. The molecular formula is C11H12ClFN2O2. The Balaban J connectivity index is 2.04. The molecule has 1 aromatic rings. The highest BCUT2D eigenvalue weighted by atomic mass is 35.5. The molecule has 0 radical (unpaired) electrons. The lowest BCUT2D eigenvalue weighted by Crippen LogP contribution is -2.43. The molecule has 0 saturated carbocycles. The number of carbonyl (C=O) groups excluding carboxylic acids is 1. The van der Waals surface area contributed by atoms with Crippen molar-refractivity contribution in [3.05, 3.63) is 29.0 Å². The lowest BCUT2D eigenvalue weighted by molar-refractivity contribution is 0.0564. The van der Waals surface area contributed by atoms with Crippen LogP contribution in [0.3, 0.4) is 0 Å². The number of ether oxygens (including phenoxy) is 1. The molecular weight excluding hydrogens is 247 g/mol. The van der Waals surface area contributed by atoms with Crippen molar-refractivity contribution in [2.75, 3.05) is 31.6 Å². The Kier molecular flexibility index (Phi) is 3.81. The summed E-state index contributed by atoms with van der Waals surface area (Å²) < 4.78 is 18.1. The second kappa shape index (κ2) is 5.33. The van der Waals surface area contributed by atoms with Gasteiger partial charge in [0.25, 0.3) is 0 Å². The maximum atomic E-state index is 13.0. The van der Waals surface area contributed by atoms with Gasteiger partial charge in [0, 0.05) is 13.1 Å². The van der Waals surface area contributed by atoms with E-state index in [2.05, 4.69) is 5.32 Å². The molecule has 0 aliphatic carbocycles. The summed E-state index contributed by atoms with van der Waals surface area (Å²) in [6.07, 6.45) is 0. The Morgan fingerprint density at radius 1 is 1.41 bits per heavy atom. The molecule has 6 heteroatoms. The standard InChI is InChI=1S/C11H12ClFN2O2/c12-9-2-1-8(13)7-10(9)14-11(16)15-3-5-17-6-4-15/h1-2,7H,3-6H2,(H,14,16). The van der Waals surface area contributed by atoms with Crippen molar-refractivity contribution >= 4 is 23.3 Å². The van der Waals surface area contributed by atoms with Crippen molar-refractivity contribution < 1.29 is 13.9 Å². The van der Waals surface area contributed by atoms with Crippen LogP contribution in [-0.2, 0) is 4.74 Å². The second-order valence-electron chi connectivity index (χ2n) is 3.65. The normalized spacial score (nSPS) is 15.8. The van der Waals surface area contributed by atoms with E-state index in [1.807, 2.05) is 0 Å². The zero-order valence-electron chi connectivity index (χ0n) is 9.08. The Bertz CT molecular complexity index is 422. The molecule has 1 fully saturated rings. The highest BCUT2D eigenvalue weighted by Crippen LogP contribution is 2.22. The molecule has 0 atom stereocenters. The van der Waals surface area contributed by atoms with Crippen LogP contribution in [0.25, 0.3) is 0 Å². The highest BCUT2D eigenvalue weighted by molar-refractivity contribution is 6.33. The number of urea groups is 1. The molecule has 1 aromatic carbocycles. The third-order valence-corrected chi connectivity index (χ3v) is 2.80. The Labute approximate surface area is 103 Å². The molecule has 17 heavy (non-hydrogen) atoms. The summed E-state index contributed by atoms with van der Waals surface area (Å²) in [6, 6.07) is 3.56. The maximum Gasteiger partial charge on any atom is 0.322 e. The summed E-state index contributed by atoms with van der Waals surface area (Å²) in [5.74, 6) is -0.438. The van der Waals surface area contributed by atoms with Crippen LogP contribution in [0, 0.1) is 5.82 Å². The first-order chi connectivity index (χ1) is 8.16. The molecule has 0 spiro atoms. The molecule has 1 saturated heterocycles. The fourth-order valence-corrected chi connectivity index (χ4v) is 1.72. The molecule has 0 bridgehead atoms. The van der Waals surface area contributed by atoms with Gasteiger partial charge in [-0.25, -0.2) is 9.18 Å². The summed E-state index contributed by atoms with van der Waals surface area (Å²) in [5.41, 5.74) is 0.281. The van der Waals surface area contributed by atoms with E-state index < -0.39 is 5.82 Å². The van der Waals surface area contributed by atoms with Gasteiger partial charge in [0.1, 0.15) is 5.82 Å². The van der Waals surface area contributed by atoms with E-state index in [9.17, 15) is 9.18 Å². The molecule has 4 nitrogen and oxygen atoms in total. The molecule has 2 rings (SSSR count). The molecule has 2 amide bonds. The van der Waals surface area contributed by atoms with Crippen LogP contribution in [0.15, 0.2) is 18.2 Å². The van der Waals surface area contributed by atoms with Crippen molar-refractivity contribution in [2.24, 2.45) is 0 Å². The second-order valence-corrected chi connectivity index (χ2v) is 4.06. The van der Waals surface area contributed by atoms with Gasteiger partial charge in [-0.1, -0.05) is 11.6 Å². The Morgan fingerprint density at radius 2 is 2.12 bits per heavy atom. The summed E-state index contributed by atoms with van der Waals surface area (Å²) in [5, 5.41) is 2.89. The van der Waals surface area contributed by atoms with Crippen LogP contribution >= 0.6 is 11.6 Å². The average Bonchev–Trinajstić information content (AvgIpc) is 2.35. The molecule has 92 valence electrons. The first-order valence-corrected chi connectivity index (χ1v) is 5.63. The number of nitrogens with one attached hydrogen (secondary N) is 1. The number of amides is 2. The fourth-order valence-electron chi connectivity index (χ4n) is 1.55. The van der Waals surface area contributed by atoms with E-state index in [1.54, 1.807) is 4.90 Å². The van der Waals surface area contributed by atoms with Crippen LogP contribution in [0.1, 0.15) is 0 Å². The van der Waals surface area contributed by atoms with Crippen molar-refractivity contribution in [3.63, 3.8) is 0 Å². The number of halogens is 2. The fraction of sp³-hybridized carbons (Fsp3) is 0.364. The minimum atomic E-state index is -0.438. The van der Waals surface area contributed by atoms with E-state index in [1.165, 1.54) is 18.2 Å². The quantitative estimate of drug-likeness (QED) is 0.840. The Hall–Kier alpha value is -1.33. The van der Waals surface area contributed by atoms with Gasteiger partial charge in [-0.15, -0.1) is 0 Å². The SMILES string of the molecule is O=C(Nc1cc(F)ccc1Cl)N1CCOCC1. The maximum absolute atomic E-state index is 13.0. The predicted molar refractivity (Wildman–Crippen MR) is 62.8 cm³/mol. The highest BCUT2D eigenvalue weighted by Gasteiger charge is 2.17. The third kappa shape index (κ3) is 3.08. The largest absolute Gasteiger partial charge is 0.378 e. The topological polar surface area (TPSA) is 41.6 Å². The van der Waals surface area contributed by atoms with E-state index in [4.69, 9.17) is 16.3 Å². The van der Waals surface area contributed by atoms with Gasteiger partial charge in [-0.2, -0.15) is 0 Å². The lowest BCUT2D eigenvalue weighted by Gasteiger charge is -2.27. The average molecular weight is 259 g/mol. The van der Waals surface area contributed by atoms with Crippen LogP contribution in [0.2, 0.25) is 5.02 Å². The van der Waals surface area contributed by atoms with Gasteiger partial charge < -0.3 is 15.0 Å². The number of anilines is 1. The van der Waals surface area contributed by atoms with E-state index >= 15 is 0 Å². The van der Waals surface area contributed by atoms with Crippen LogP contribution < -0.4 is 5.32 Å². The smallest absolute Gasteiger partial charge is 0.322 e. The molecule has 0 aromatic heterocycles. The predicted octanol–water partition coefficient (Wildman–Crippen LogP) is 2.34. The van der Waals surface area contributed by atoms with Gasteiger partial charge in [-0.05, 0) is 18.2 Å². The van der Waals surface area contributed by atoms with Crippen LogP contribution in [0.4, 0.5) is 14.9 Å². The van der Waals surface area contributed by atoms with Crippen molar-refractivity contribution in [1.29, 1.82) is 0 Å². The van der Waals surface area contributed by atoms with Gasteiger partial charge in [0.15, 0.2) is 0 Å². The molecule has 1 N–H and O–H groups in total. The number of carbonyl (C=O) groups is 1. The first kappa shape index (κ1) is 12.1. The number of nitrogens with zero attached hydrogens (tertiary/aromatic N) is 1. The summed E-state index contributed by atoms with van der Waals surface area (Å²) >= 11 is 5.85. The van der Waals surface area contributed by atoms with Crippen molar-refractivity contribution in [3.8, 4) is 0 Å². The zero-order valence-corrected chi connectivity index (χ0v) is 9.84. The van der Waals surface area contributed by atoms with Gasteiger partial charge in [0.2, 0.25) is 0 Å². The zero-order chi connectivity index (χ0) is 12.3. The van der Waals surface area contributed by atoms with E-state index in [-0.39, 0.29) is 11.7 Å². The van der Waals surface area contributed by atoms with Gasteiger partial charge >= 0.3 is 6.03 Å². The summed E-state index contributed by atoms with van der Waals surface area (Å²) in [6.45, 7) is 2.09. The van der Waals surface area contributed by atoms with Gasteiger partial charge in [0.05, 0.1) is 23.9 Å². The summed E-state index contributed by atoms with van der Waals surface area (Å²) in [4.78, 5) is 13.4. The third-order valence-electron chi connectivity index (χ3n) is 2.47. The molecule has 0 unspecified atom stereocenters.